The van der Waals surface area contributed by atoms with Crippen LogP contribution in [-0.4, -0.2) is 189 Å². The Morgan fingerprint density at radius 2 is 0.709 bits per heavy atom. The molecular formula is C109H108F9N25O5. The number of hydrogen-bond acceptors (Lipinski definition) is 23. The molecule has 0 spiro atoms. The fraction of sp³-hybridized carbons (Fsp3) is 0.266. The van der Waals surface area contributed by atoms with Gasteiger partial charge < -0.3 is 51.3 Å². The minimum atomic E-state index is -4.53. The van der Waals surface area contributed by atoms with Crippen molar-refractivity contribution in [3.63, 3.8) is 0 Å². The van der Waals surface area contributed by atoms with Crippen LogP contribution in [0.3, 0.4) is 0 Å². The standard InChI is InChI=1S/C30H30F3N7O.C28H27F3N6O.C27H28F3N7O.C24H23N5O2/c1-19(20-6-3-2-4-7-20)35-29-34-13-10-26(38-29)40-18-25(28(41)37-24-17-39-14-11-21(24)12-15-39)36-27(40)22-8-5-9-23(16-22)30(31,32)33;1-19(20-9-4-2-5-10-20)33-27-32-14-13-24(35-27)37-18-23(26(38)36-15-6-3-7-16-36)34-25(37)21-11-8-12-22(17-21)28(29,30)31;1-18(19-8-5-4-6-9-19)33-26-32-13-12-23(35-26)37-17-22(25(38)31-14-15-36(2)3)34-24(37)20-10-7-11-21(16-20)27(28,29)30;1-3-31-23(30)20-16-29(22(27-20)19-12-8-5-9-13-19)21-14-15-25-24(28-21)26-17(2)18-10-6-4-7-11-18/h2-10,13,16,18-19,21,24H,11-12,14-15,17H2,1H3,(H,37,41)(H,34,35,38);2,4-5,8-14,17-19H,3,6-7,15-16H2,1H3,(H,32,33,35);4-13,16-18H,14-15H2,1-3H3,(H,31,38)(H,32,33,35);4-17H,3H2,1-2H3,(H,25,26,28)/t19-,24+;19-;18-;17-/m0000/s1. The number of benzene rings is 8. The highest BCUT2D eigenvalue weighted by atomic mass is 19.4. The number of nitrogens with zero attached hydrogens (tertiary/aromatic N) is 19. The van der Waals surface area contributed by atoms with Crippen molar-refractivity contribution in [2.45, 2.75) is 115 Å². The summed E-state index contributed by atoms with van der Waals surface area (Å²) in [7, 11) is 3.76. The third-order valence-corrected chi connectivity index (χ3v) is 25.0. The molecule has 5 atom stereocenters. The number of esters is 1. The van der Waals surface area contributed by atoms with Gasteiger partial charge >= 0.3 is 24.5 Å². The van der Waals surface area contributed by atoms with Crippen molar-refractivity contribution >= 4 is 47.5 Å². The van der Waals surface area contributed by atoms with Crippen molar-refractivity contribution in [3.8, 4) is 68.8 Å². The first-order valence-corrected chi connectivity index (χ1v) is 48.3. The number of carbonyl (C=O) groups is 4. The molecule has 8 aromatic carbocycles. The lowest BCUT2D eigenvalue weighted by Gasteiger charge is -2.44. The van der Waals surface area contributed by atoms with Gasteiger partial charge in [-0.25, -0.2) is 44.7 Å². The second-order valence-corrected chi connectivity index (χ2v) is 35.8. The Hall–Kier alpha value is -16.7. The molecule has 3 amide bonds. The summed E-state index contributed by atoms with van der Waals surface area (Å²) in [4.78, 5) is 111. The van der Waals surface area contributed by atoms with Gasteiger partial charge in [0.25, 0.3) is 17.7 Å². The molecule has 30 nitrogen and oxygen atoms in total. The lowest BCUT2D eigenvalue weighted by atomic mass is 9.84. The summed E-state index contributed by atoms with van der Waals surface area (Å²) in [5.74, 6) is 3.17. The van der Waals surface area contributed by atoms with Crippen molar-refractivity contribution < 1.29 is 63.4 Å². The molecule has 8 aromatic heterocycles. The van der Waals surface area contributed by atoms with Crippen molar-refractivity contribution in [2.24, 2.45) is 5.92 Å². The molecule has 4 aliphatic heterocycles. The smallest absolute Gasteiger partial charge is 0.416 e. The van der Waals surface area contributed by atoms with Crippen LogP contribution < -0.4 is 31.9 Å². The minimum absolute atomic E-state index is 0.0153. The van der Waals surface area contributed by atoms with Gasteiger partial charge in [-0.05, 0) is 183 Å². The molecule has 16 aromatic rings. The van der Waals surface area contributed by atoms with Gasteiger partial charge in [-0.1, -0.05) is 188 Å². The third-order valence-electron chi connectivity index (χ3n) is 25.0. The molecule has 762 valence electrons. The van der Waals surface area contributed by atoms with E-state index in [2.05, 4.69) is 116 Å². The van der Waals surface area contributed by atoms with Gasteiger partial charge in [-0.2, -0.15) is 59.4 Å². The lowest BCUT2D eigenvalue weighted by Crippen LogP contribution is -2.57. The normalized spacial score (nSPS) is 15.2. The molecule has 4 fully saturated rings. The van der Waals surface area contributed by atoms with Crippen molar-refractivity contribution in [1.82, 2.24) is 103 Å². The average molecular weight is 2020 g/mol. The van der Waals surface area contributed by atoms with Gasteiger partial charge in [0, 0.05) is 111 Å². The molecule has 0 saturated carbocycles. The second-order valence-electron chi connectivity index (χ2n) is 35.8. The summed E-state index contributed by atoms with van der Waals surface area (Å²) in [5.41, 5.74) is 3.89. The largest absolute Gasteiger partial charge is 0.461 e. The van der Waals surface area contributed by atoms with Gasteiger partial charge in [0.15, 0.2) is 5.69 Å². The summed E-state index contributed by atoms with van der Waals surface area (Å²) >= 11 is 0. The zero-order valence-corrected chi connectivity index (χ0v) is 81.9. The highest BCUT2D eigenvalue weighted by Gasteiger charge is 2.38. The Labute approximate surface area is 847 Å². The van der Waals surface area contributed by atoms with E-state index in [0.29, 0.717) is 85.0 Å². The third kappa shape index (κ3) is 26.7. The minimum Gasteiger partial charge on any atom is -0.461 e. The zero-order chi connectivity index (χ0) is 104. The van der Waals surface area contributed by atoms with Crippen LogP contribution >= 0.6 is 0 Å². The number of imidazole rings is 4. The van der Waals surface area contributed by atoms with E-state index in [1.165, 1.54) is 47.4 Å². The number of amides is 3. The predicted molar refractivity (Wildman–Crippen MR) is 544 cm³/mol. The molecule has 0 radical (unpaired) electrons. The highest BCUT2D eigenvalue weighted by molar-refractivity contribution is 5.95. The first-order chi connectivity index (χ1) is 71.3. The van der Waals surface area contributed by atoms with E-state index < -0.39 is 47.1 Å². The monoisotopic (exact) mass is 2020 g/mol. The second kappa shape index (κ2) is 47.4. The average Bonchev–Trinajstić information content (AvgIpc) is 1.64. The van der Waals surface area contributed by atoms with Crippen LogP contribution in [-0.2, 0) is 23.3 Å². The van der Waals surface area contributed by atoms with E-state index in [1.54, 1.807) is 92.9 Å². The van der Waals surface area contributed by atoms with Crippen LogP contribution in [0.15, 0.2) is 298 Å². The molecule has 0 aliphatic carbocycles. The number of likely N-dealkylation sites (tertiary alicyclic amines) is 1. The number of aromatic nitrogens is 16. The summed E-state index contributed by atoms with van der Waals surface area (Å²) in [5, 5.41) is 19.0. The SMILES string of the molecule is CCOC(=O)c1cn(-c2ccnc(N[C@@H](C)c3ccccc3)n2)c(-c2ccccc2)n1.C[C@H](Nc1nccc(-n2cc(C(=O)N3CCCCC3)nc2-c2cccc(C(F)(F)F)c2)n1)c1ccccc1.C[C@H](Nc1nccc(-n2cc(C(=O)NCCN(C)C)nc2-c2cccc(C(F)(F)F)c2)n1)c1ccccc1.C[C@H](Nc1nccc(-n2cc(C(=O)N[C@@H]3CN4CCC3CC4)nc2-c2cccc(C(F)(F)F)c2)n1)c1ccccc1. The van der Waals surface area contributed by atoms with Crippen molar-refractivity contribution in [1.29, 1.82) is 0 Å². The molecule has 12 heterocycles. The number of ether oxygens (including phenoxy) is 1. The maximum Gasteiger partial charge on any atom is 0.416 e. The van der Waals surface area contributed by atoms with Crippen LogP contribution in [0.1, 0.15) is 172 Å². The number of halogens is 9. The summed E-state index contributed by atoms with van der Waals surface area (Å²) in [6, 6.07) is 70.1. The number of nitrogens with one attached hydrogen (secondary N) is 6. The molecule has 2 bridgehead atoms. The van der Waals surface area contributed by atoms with Gasteiger partial charge in [-0.3, -0.25) is 32.7 Å². The Morgan fingerprint density at radius 3 is 1.05 bits per heavy atom. The zero-order valence-electron chi connectivity index (χ0n) is 81.9. The number of piperidine rings is 4. The topological polar surface area (TPSA) is 334 Å². The number of hydrogen-bond donors (Lipinski definition) is 6. The first-order valence-electron chi connectivity index (χ1n) is 48.3. The number of carbonyl (C=O) groups excluding carboxylic acids is 4. The van der Waals surface area contributed by atoms with Crippen LogP contribution in [0.4, 0.5) is 63.3 Å². The number of likely N-dealkylation sites (N-methyl/N-ethyl adjacent to an activating group) is 1. The summed E-state index contributed by atoms with van der Waals surface area (Å²) in [6.07, 6.45) is 3.90. The summed E-state index contributed by atoms with van der Waals surface area (Å²) in [6.45, 7) is 15.2. The number of fused-ring (bicyclic) bond motifs is 3. The van der Waals surface area contributed by atoms with Crippen LogP contribution in [0.2, 0.25) is 0 Å². The number of anilines is 4. The fourth-order valence-electron chi connectivity index (χ4n) is 17.2. The molecule has 4 aliphatic rings. The van der Waals surface area contributed by atoms with E-state index in [4.69, 9.17) is 4.74 Å². The highest BCUT2D eigenvalue weighted by Crippen LogP contribution is 2.39. The van der Waals surface area contributed by atoms with E-state index >= 15 is 0 Å². The van der Waals surface area contributed by atoms with Crippen molar-refractivity contribution in [3.05, 3.63) is 360 Å². The van der Waals surface area contributed by atoms with Crippen LogP contribution in [0, 0.1) is 5.92 Å². The number of rotatable bonds is 29. The molecule has 39 heteroatoms. The molecule has 4 saturated heterocycles. The van der Waals surface area contributed by atoms with Gasteiger partial charge in [0.1, 0.15) is 63.7 Å². The molecular weight excluding hydrogens is 1910 g/mol. The quantitative estimate of drug-likeness (QED) is 0.0187. The fourth-order valence-corrected chi connectivity index (χ4v) is 17.2. The molecule has 20 rings (SSSR count). The molecule has 6 N–H and O–H groups in total. The van der Waals surface area contributed by atoms with E-state index in [9.17, 15) is 58.7 Å². The van der Waals surface area contributed by atoms with Gasteiger partial charge in [-0.15, -0.1) is 0 Å². The lowest BCUT2D eigenvalue weighted by molar-refractivity contribution is -0.138. The number of alkyl halides is 9. The molecule has 148 heavy (non-hydrogen) atoms. The Kier molecular flexibility index (Phi) is 33.4. The van der Waals surface area contributed by atoms with Crippen LogP contribution in [0.5, 0.6) is 0 Å². The van der Waals surface area contributed by atoms with E-state index in [0.717, 1.165) is 116 Å². The Morgan fingerprint density at radius 1 is 0.385 bits per heavy atom. The molecule has 0 unspecified atom stereocenters. The van der Waals surface area contributed by atoms with Crippen LogP contribution in [0.25, 0.3) is 68.8 Å². The maximum absolute atomic E-state index is 13.6. The Balaban J connectivity index is 0.000000141. The maximum atomic E-state index is 13.6. The van der Waals surface area contributed by atoms with E-state index in [-0.39, 0.29) is 106 Å². The van der Waals surface area contributed by atoms with Crippen molar-refractivity contribution in [2.75, 3.05) is 87.8 Å². The first kappa shape index (κ1) is 104. The summed E-state index contributed by atoms with van der Waals surface area (Å²) < 4.78 is 133. The van der Waals surface area contributed by atoms with Gasteiger partial charge in [0.05, 0.1) is 47.5 Å². The van der Waals surface area contributed by atoms with Gasteiger partial charge in [0.2, 0.25) is 23.8 Å². The Bertz CT molecular complexity index is 7180. The van der Waals surface area contributed by atoms with E-state index in [1.807, 2.05) is 179 Å². The predicted octanol–water partition coefficient (Wildman–Crippen LogP) is 21.0.